The molecule has 25 heavy (non-hydrogen) atoms. The van der Waals surface area contributed by atoms with Crippen LogP contribution < -0.4 is 5.32 Å². The van der Waals surface area contributed by atoms with E-state index in [2.05, 4.69) is 11.4 Å². The Bertz CT molecular complexity index is 902. The molecule has 0 radical (unpaired) electrons. The van der Waals surface area contributed by atoms with Gasteiger partial charge in [-0.05, 0) is 49.1 Å². The molecule has 0 saturated carbocycles. The predicted octanol–water partition coefficient (Wildman–Crippen LogP) is 5.52. The van der Waals surface area contributed by atoms with Crippen LogP contribution in [0.15, 0.2) is 48.5 Å². The number of nitrogens with zero attached hydrogens (tertiary/aromatic N) is 2. The van der Waals surface area contributed by atoms with Crippen molar-refractivity contribution in [2.75, 3.05) is 11.9 Å². The van der Waals surface area contributed by atoms with Gasteiger partial charge in [0.05, 0.1) is 11.4 Å². The van der Waals surface area contributed by atoms with Crippen LogP contribution in [-0.2, 0) is 12.8 Å². The number of fused-ring (bicyclic) bond motifs is 1. The van der Waals surface area contributed by atoms with Crippen LogP contribution in [0.3, 0.4) is 0 Å². The summed E-state index contributed by atoms with van der Waals surface area (Å²) in [7, 11) is 0. The van der Waals surface area contributed by atoms with Crippen molar-refractivity contribution in [3.63, 3.8) is 0 Å². The van der Waals surface area contributed by atoms with Crippen molar-refractivity contribution >= 4 is 29.0 Å². The van der Waals surface area contributed by atoms with E-state index in [-0.39, 0.29) is 0 Å². The minimum atomic E-state index is 0.711. The molecule has 128 valence electrons. The van der Waals surface area contributed by atoms with Crippen molar-refractivity contribution in [3.05, 3.63) is 75.4 Å². The maximum Gasteiger partial charge on any atom is 0.133 e. The van der Waals surface area contributed by atoms with E-state index in [0.29, 0.717) is 5.02 Å². The molecule has 0 saturated heterocycles. The number of benzene rings is 2. The molecule has 4 rings (SSSR count). The van der Waals surface area contributed by atoms with Gasteiger partial charge in [0, 0.05) is 28.6 Å². The first kappa shape index (κ1) is 16.5. The summed E-state index contributed by atoms with van der Waals surface area (Å²) in [6.07, 6.45) is 4.09. The van der Waals surface area contributed by atoms with Crippen LogP contribution in [0.5, 0.6) is 0 Å². The molecule has 0 atom stereocenters. The summed E-state index contributed by atoms with van der Waals surface area (Å²) in [6, 6.07) is 15.8. The molecular formula is C20H19Cl2N3. The molecule has 2 aromatic carbocycles. The normalized spacial score (nSPS) is 13.8. The second kappa shape index (κ2) is 7.11. The Balaban J connectivity index is 1.81. The standard InChI is InChI=1S/C20H19Cl2N3/c21-15-7-5-8-16(13-15)25-20-17(9-3-4-11-23-20)19(24-25)12-14-6-1-2-10-18(14)22/h1-2,5-8,10,13,23H,3-4,9,11-12H2. The van der Waals surface area contributed by atoms with Gasteiger partial charge in [0.15, 0.2) is 0 Å². The maximum absolute atomic E-state index is 6.37. The molecule has 0 aliphatic carbocycles. The lowest BCUT2D eigenvalue weighted by Crippen LogP contribution is -2.07. The second-order valence-corrected chi connectivity index (χ2v) is 7.16. The van der Waals surface area contributed by atoms with Crippen LogP contribution in [0.2, 0.25) is 10.0 Å². The Morgan fingerprint density at radius 1 is 1.04 bits per heavy atom. The molecule has 0 amide bonds. The van der Waals surface area contributed by atoms with Crippen molar-refractivity contribution in [2.45, 2.75) is 25.7 Å². The number of anilines is 1. The fourth-order valence-corrected chi connectivity index (χ4v) is 3.72. The fourth-order valence-electron chi connectivity index (χ4n) is 3.33. The van der Waals surface area contributed by atoms with E-state index in [1.165, 1.54) is 5.56 Å². The molecule has 1 aromatic heterocycles. The molecule has 3 aromatic rings. The largest absolute Gasteiger partial charge is 0.370 e. The minimum absolute atomic E-state index is 0.711. The predicted molar refractivity (Wildman–Crippen MR) is 104 cm³/mol. The van der Waals surface area contributed by atoms with E-state index >= 15 is 0 Å². The quantitative estimate of drug-likeness (QED) is 0.656. The topological polar surface area (TPSA) is 29.9 Å². The van der Waals surface area contributed by atoms with Gasteiger partial charge in [-0.25, -0.2) is 4.68 Å². The lowest BCUT2D eigenvalue weighted by molar-refractivity contribution is 0.767. The third-order valence-electron chi connectivity index (χ3n) is 4.58. The van der Waals surface area contributed by atoms with Crippen LogP contribution in [0.25, 0.3) is 5.69 Å². The Kier molecular flexibility index (Phi) is 4.69. The van der Waals surface area contributed by atoms with Crippen molar-refractivity contribution < 1.29 is 0 Å². The smallest absolute Gasteiger partial charge is 0.133 e. The first-order valence-electron chi connectivity index (χ1n) is 8.56. The van der Waals surface area contributed by atoms with Crippen LogP contribution in [0.4, 0.5) is 5.82 Å². The molecule has 0 bridgehead atoms. The van der Waals surface area contributed by atoms with Gasteiger partial charge in [-0.3, -0.25) is 0 Å². The molecule has 0 unspecified atom stereocenters. The first-order chi connectivity index (χ1) is 12.2. The number of aromatic nitrogens is 2. The Morgan fingerprint density at radius 3 is 2.76 bits per heavy atom. The molecule has 2 heterocycles. The van der Waals surface area contributed by atoms with Crippen molar-refractivity contribution in [1.29, 1.82) is 0 Å². The number of halogens is 2. The summed E-state index contributed by atoms with van der Waals surface area (Å²) in [5, 5.41) is 9.97. The van der Waals surface area contributed by atoms with Gasteiger partial charge >= 0.3 is 0 Å². The van der Waals surface area contributed by atoms with Crippen LogP contribution >= 0.6 is 23.2 Å². The van der Waals surface area contributed by atoms with Gasteiger partial charge in [0.25, 0.3) is 0 Å². The Hall–Kier alpha value is -1.97. The Labute approximate surface area is 157 Å². The van der Waals surface area contributed by atoms with Crippen LogP contribution in [0, 0.1) is 0 Å². The molecule has 0 spiro atoms. The maximum atomic E-state index is 6.37. The molecule has 3 nitrogen and oxygen atoms in total. The highest BCUT2D eigenvalue weighted by Crippen LogP contribution is 2.31. The van der Waals surface area contributed by atoms with E-state index in [1.54, 1.807) is 0 Å². The van der Waals surface area contributed by atoms with E-state index in [9.17, 15) is 0 Å². The highest BCUT2D eigenvalue weighted by Gasteiger charge is 2.21. The summed E-state index contributed by atoms with van der Waals surface area (Å²) in [5.74, 6) is 1.09. The summed E-state index contributed by atoms with van der Waals surface area (Å²) < 4.78 is 1.98. The molecular weight excluding hydrogens is 353 g/mol. The minimum Gasteiger partial charge on any atom is -0.370 e. The summed E-state index contributed by atoms with van der Waals surface area (Å²) >= 11 is 12.6. The van der Waals surface area contributed by atoms with Gasteiger partial charge in [-0.2, -0.15) is 5.10 Å². The fraction of sp³-hybridized carbons (Fsp3) is 0.250. The average Bonchev–Trinajstić information content (AvgIpc) is 2.79. The van der Waals surface area contributed by atoms with Gasteiger partial charge in [0.1, 0.15) is 5.82 Å². The van der Waals surface area contributed by atoms with Crippen molar-refractivity contribution in [3.8, 4) is 5.69 Å². The number of rotatable bonds is 3. The lowest BCUT2D eigenvalue weighted by Gasteiger charge is -2.09. The number of hydrogen-bond acceptors (Lipinski definition) is 2. The Morgan fingerprint density at radius 2 is 1.92 bits per heavy atom. The zero-order valence-corrected chi connectivity index (χ0v) is 15.3. The van der Waals surface area contributed by atoms with E-state index in [4.69, 9.17) is 28.3 Å². The van der Waals surface area contributed by atoms with Gasteiger partial charge in [-0.15, -0.1) is 0 Å². The van der Waals surface area contributed by atoms with Gasteiger partial charge < -0.3 is 5.32 Å². The van der Waals surface area contributed by atoms with Crippen molar-refractivity contribution in [1.82, 2.24) is 9.78 Å². The number of hydrogen-bond donors (Lipinski definition) is 1. The van der Waals surface area contributed by atoms with Crippen LogP contribution in [0.1, 0.15) is 29.7 Å². The summed E-state index contributed by atoms with van der Waals surface area (Å²) in [4.78, 5) is 0. The molecule has 0 fully saturated rings. The summed E-state index contributed by atoms with van der Waals surface area (Å²) in [6.45, 7) is 0.963. The molecule has 1 aliphatic heterocycles. The van der Waals surface area contributed by atoms with Crippen LogP contribution in [-0.4, -0.2) is 16.3 Å². The van der Waals surface area contributed by atoms with E-state index in [1.807, 2.05) is 47.1 Å². The van der Waals surface area contributed by atoms with Gasteiger partial charge in [-0.1, -0.05) is 47.5 Å². The third kappa shape index (κ3) is 3.39. The third-order valence-corrected chi connectivity index (χ3v) is 5.19. The highest BCUT2D eigenvalue weighted by atomic mass is 35.5. The second-order valence-electron chi connectivity index (χ2n) is 6.32. The van der Waals surface area contributed by atoms with E-state index in [0.717, 1.165) is 60.0 Å². The monoisotopic (exact) mass is 371 g/mol. The molecule has 1 N–H and O–H groups in total. The van der Waals surface area contributed by atoms with Gasteiger partial charge in [0.2, 0.25) is 0 Å². The SMILES string of the molecule is Clc1cccc(-n2nc(Cc3ccccc3Cl)c3c2NCCCC3)c1. The molecule has 1 aliphatic rings. The summed E-state index contributed by atoms with van der Waals surface area (Å²) in [5.41, 5.74) is 4.45. The lowest BCUT2D eigenvalue weighted by atomic mass is 10.0. The number of nitrogens with one attached hydrogen (secondary N) is 1. The zero-order valence-electron chi connectivity index (χ0n) is 13.8. The highest BCUT2D eigenvalue weighted by molar-refractivity contribution is 6.31. The average molecular weight is 372 g/mol. The van der Waals surface area contributed by atoms with Crippen molar-refractivity contribution in [2.24, 2.45) is 0 Å². The molecule has 5 heteroatoms. The first-order valence-corrected chi connectivity index (χ1v) is 9.32. The van der Waals surface area contributed by atoms with E-state index < -0.39 is 0 Å². The zero-order chi connectivity index (χ0) is 17.2.